The van der Waals surface area contributed by atoms with Gasteiger partial charge in [0.2, 0.25) is 0 Å². The van der Waals surface area contributed by atoms with Gasteiger partial charge in [-0.1, -0.05) is 0 Å². The van der Waals surface area contributed by atoms with E-state index < -0.39 is 0 Å². The Morgan fingerprint density at radius 1 is 1.22 bits per heavy atom. The number of nitrogens with one attached hydrogen (secondary N) is 1. The largest absolute Gasteiger partial charge is 0.497 e. The van der Waals surface area contributed by atoms with Crippen LogP contribution in [0.3, 0.4) is 0 Å². The number of carbonyl (C=O) groups excluding carboxylic acids is 1. The highest BCUT2D eigenvalue weighted by molar-refractivity contribution is 5.94. The Hall–Kier alpha value is -2.63. The zero-order valence-electron chi connectivity index (χ0n) is 13.2. The molecular formula is C17H20N4O2. The molecule has 1 aliphatic heterocycles. The van der Waals surface area contributed by atoms with Crippen molar-refractivity contribution in [2.24, 2.45) is 0 Å². The Labute approximate surface area is 135 Å². The number of hydrogen-bond acceptors (Lipinski definition) is 5. The standard InChI is InChI=1S/C17H20N4O2/c1-23-14-6-4-13(5-7-14)17(22)19-12-15-18-9-8-16(20-15)21-10-2-3-11-21/h4-9H,2-3,10-12H2,1H3,(H,19,22). The van der Waals surface area contributed by atoms with E-state index in [1.165, 1.54) is 12.8 Å². The zero-order chi connectivity index (χ0) is 16.1. The number of rotatable bonds is 5. The summed E-state index contributed by atoms with van der Waals surface area (Å²) >= 11 is 0. The molecule has 0 bridgehead atoms. The predicted molar refractivity (Wildman–Crippen MR) is 87.6 cm³/mol. The van der Waals surface area contributed by atoms with Crippen molar-refractivity contribution in [3.8, 4) is 5.75 Å². The molecule has 1 aromatic heterocycles. The maximum atomic E-state index is 12.1. The van der Waals surface area contributed by atoms with E-state index in [-0.39, 0.29) is 5.91 Å². The highest BCUT2D eigenvalue weighted by Crippen LogP contribution is 2.17. The molecule has 0 unspecified atom stereocenters. The predicted octanol–water partition coefficient (Wildman–Crippen LogP) is 2.02. The maximum absolute atomic E-state index is 12.1. The van der Waals surface area contributed by atoms with Crippen molar-refractivity contribution in [1.29, 1.82) is 0 Å². The number of aromatic nitrogens is 2. The van der Waals surface area contributed by atoms with Crippen LogP contribution in [-0.2, 0) is 6.54 Å². The Kier molecular flexibility index (Phi) is 4.71. The van der Waals surface area contributed by atoms with Crippen LogP contribution in [0.1, 0.15) is 29.0 Å². The smallest absolute Gasteiger partial charge is 0.251 e. The SMILES string of the molecule is COc1ccc(C(=O)NCc2nccc(N3CCCC3)n2)cc1. The fourth-order valence-electron chi connectivity index (χ4n) is 2.60. The minimum atomic E-state index is -0.150. The van der Waals surface area contributed by atoms with Gasteiger partial charge in [-0.15, -0.1) is 0 Å². The molecule has 2 aromatic rings. The van der Waals surface area contributed by atoms with E-state index >= 15 is 0 Å². The van der Waals surface area contributed by atoms with Crippen LogP contribution in [0.5, 0.6) is 5.75 Å². The number of amides is 1. The molecule has 2 heterocycles. The first-order valence-electron chi connectivity index (χ1n) is 7.75. The Morgan fingerprint density at radius 3 is 2.65 bits per heavy atom. The van der Waals surface area contributed by atoms with E-state index in [0.29, 0.717) is 17.9 Å². The van der Waals surface area contributed by atoms with Gasteiger partial charge in [0.05, 0.1) is 13.7 Å². The third-order valence-electron chi connectivity index (χ3n) is 3.88. The highest BCUT2D eigenvalue weighted by atomic mass is 16.5. The van der Waals surface area contributed by atoms with E-state index in [9.17, 15) is 4.79 Å². The third-order valence-corrected chi connectivity index (χ3v) is 3.88. The second-order valence-electron chi connectivity index (χ2n) is 5.44. The normalized spacial score (nSPS) is 13.9. The van der Waals surface area contributed by atoms with Gasteiger partial charge in [-0.3, -0.25) is 4.79 Å². The monoisotopic (exact) mass is 312 g/mol. The molecule has 1 N–H and O–H groups in total. The fraction of sp³-hybridized carbons (Fsp3) is 0.353. The molecule has 1 aromatic carbocycles. The van der Waals surface area contributed by atoms with Crippen LogP contribution >= 0.6 is 0 Å². The molecular weight excluding hydrogens is 292 g/mol. The Balaban J connectivity index is 1.60. The lowest BCUT2D eigenvalue weighted by Crippen LogP contribution is -2.25. The summed E-state index contributed by atoms with van der Waals surface area (Å²) in [4.78, 5) is 23.1. The van der Waals surface area contributed by atoms with Crippen molar-refractivity contribution in [3.05, 3.63) is 47.9 Å². The van der Waals surface area contributed by atoms with Gasteiger partial charge >= 0.3 is 0 Å². The van der Waals surface area contributed by atoms with Crippen molar-refractivity contribution in [2.75, 3.05) is 25.1 Å². The lowest BCUT2D eigenvalue weighted by atomic mass is 10.2. The van der Waals surface area contributed by atoms with Crippen LogP contribution < -0.4 is 15.0 Å². The first-order valence-corrected chi connectivity index (χ1v) is 7.75. The molecule has 23 heavy (non-hydrogen) atoms. The van der Waals surface area contributed by atoms with Gasteiger partial charge < -0.3 is 15.0 Å². The Bertz CT molecular complexity index is 667. The van der Waals surface area contributed by atoms with Gasteiger partial charge in [-0.25, -0.2) is 9.97 Å². The van der Waals surface area contributed by atoms with Crippen molar-refractivity contribution in [1.82, 2.24) is 15.3 Å². The molecule has 3 rings (SSSR count). The molecule has 1 amide bonds. The van der Waals surface area contributed by atoms with Gasteiger partial charge in [0.25, 0.3) is 5.91 Å². The third kappa shape index (κ3) is 3.77. The molecule has 1 aliphatic rings. The van der Waals surface area contributed by atoms with Gasteiger partial charge in [0.1, 0.15) is 17.4 Å². The summed E-state index contributed by atoms with van der Waals surface area (Å²) in [6, 6.07) is 8.91. The number of methoxy groups -OCH3 is 1. The number of hydrogen-bond donors (Lipinski definition) is 1. The summed E-state index contributed by atoms with van der Waals surface area (Å²) in [5.74, 6) is 2.13. The van der Waals surface area contributed by atoms with Gasteiger partial charge in [0, 0.05) is 24.8 Å². The molecule has 0 saturated carbocycles. The van der Waals surface area contributed by atoms with E-state index in [2.05, 4.69) is 20.2 Å². The minimum absolute atomic E-state index is 0.150. The number of benzene rings is 1. The molecule has 1 fully saturated rings. The number of ether oxygens (including phenoxy) is 1. The second kappa shape index (κ2) is 7.09. The van der Waals surface area contributed by atoms with Crippen molar-refractivity contribution in [3.63, 3.8) is 0 Å². The van der Waals surface area contributed by atoms with Crippen LogP contribution in [0.4, 0.5) is 5.82 Å². The summed E-state index contributed by atoms with van der Waals surface area (Å²) in [5.41, 5.74) is 0.585. The van der Waals surface area contributed by atoms with Crippen LogP contribution in [0.15, 0.2) is 36.5 Å². The average molecular weight is 312 g/mol. The van der Waals surface area contributed by atoms with Gasteiger partial charge in [-0.05, 0) is 43.2 Å². The Morgan fingerprint density at radius 2 is 1.96 bits per heavy atom. The quantitative estimate of drug-likeness (QED) is 0.915. The highest BCUT2D eigenvalue weighted by Gasteiger charge is 2.14. The van der Waals surface area contributed by atoms with Gasteiger partial charge in [-0.2, -0.15) is 0 Å². The van der Waals surface area contributed by atoms with Crippen molar-refractivity contribution in [2.45, 2.75) is 19.4 Å². The zero-order valence-corrected chi connectivity index (χ0v) is 13.2. The molecule has 0 spiro atoms. The average Bonchev–Trinajstić information content (AvgIpc) is 3.15. The lowest BCUT2D eigenvalue weighted by molar-refractivity contribution is 0.0950. The first kappa shape index (κ1) is 15.3. The molecule has 120 valence electrons. The van der Waals surface area contributed by atoms with E-state index in [4.69, 9.17) is 4.74 Å². The molecule has 6 heteroatoms. The molecule has 1 saturated heterocycles. The first-order chi connectivity index (χ1) is 11.3. The van der Waals surface area contributed by atoms with Crippen LogP contribution in [0, 0.1) is 0 Å². The topological polar surface area (TPSA) is 67.3 Å². The molecule has 6 nitrogen and oxygen atoms in total. The summed E-state index contributed by atoms with van der Waals surface area (Å²) in [5, 5.41) is 2.85. The lowest BCUT2D eigenvalue weighted by Gasteiger charge is -2.16. The second-order valence-corrected chi connectivity index (χ2v) is 5.44. The number of nitrogens with zero attached hydrogens (tertiary/aromatic N) is 3. The van der Waals surface area contributed by atoms with Crippen molar-refractivity contribution < 1.29 is 9.53 Å². The minimum Gasteiger partial charge on any atom is -0.497 e. The number of anilines is 1. The summed E-state index contributed by atoms with van der Waals surface area (Å²) in [6.07, 6.45) is 4.15. The molecule has 0 aliphatic carbocycles. The van der Waals surface area contributed by atoms with Crippen LogP contribution in [-0.4, -0.2) is 36.1 Å². The molecule has 0 atom stereocenters. The van der Waals surface area contributed by atoms with Crippen LogP contribution in [0.2, 0.25) is 0 Å². The molecule has 0 radical (unpaired) electrons. The van der Waals surface area contributed by atoms with Crippen molar-refractivity contribution >= 4 is 11.7 Å². The fourth-order valence-corrected chi connectivity index (χ4v) is 2.60. The van der Waals surface area contributed by atoms with Gasteiger partial charge in [0.15, 0.2) is 0 Å². The maximum Gasteiger partial charge on any atom is 0.251 e. The number of carbonyl (C=O) groups is 1. The van der Waals surface area contributed by atoms with E-state index in [0.717, 1.165) is 24.7 Å². The summed E-state index contributed by atoms with van der Waals surface area (Å²) in [6.45, 7) is 2.38. The van der Waals surface area contributed by atoms with E-state index in [1.54, 1.807) is 37.6 Å². The van der Waals surface area contributed by atoms with Crippen LogP contribution in [0.25, 0.3) is 0 Å². The van der Waals surface area contributed by atoms with E-state index in [1.807, 2.05) is 6.07 Å². The summed E-state index contributed by atoms with van der Waals surface area (Å²) < 4.78 is 5.08. The summed E-state index contributed by atoms with van der Waals surface area (Å²) in [7, 11) is 1.60.